The minimum atomic E-state index is -4.08. The Morgan fingerprint density at radius 2 is 1.61 bits per heavy atom. The first-order valence-corrected chi connectivity index (χ1v) is 15.2. The summed E-state index contributed by atoms with van der Waals surface area (Å²) in [4.78, 5) is 28.3. The molecule has 202 valence electrons. The molecule has 0 saturated heterocycles. The molecule has 38 heavy (non-hydrogen) atoms. The second-order valence-electron chi connectivity index (χ2n) is 8.73. The van der Waals surface area contributed by atoms with E-state index in [0.717, 1.165) is 20.7 Å². The van der Waals surface area contributed by atoms with Crippen LogP contribution in [-0.4, -0.2) is 44.3 Å². The van der Waals surface area contributed by atoms with Crippen LogP contribution in [0.15, 0.2) is 83.8 Å². The largest absolute Gasteiger partial charge is 0.354 e. The number of hydrogen-bond donors (Lipinski definition) is 1. The van der Waals surface area contributed by atoms with Crippen LogP contribution >= 0.6 is 34.2 Å². The zero-order valence-electron chi connectivity index (χ0n) is 21.3. The molecule has 0 aromatic heterocycles. The molecule has 0 bridgehead atoms. The number of nitrogens with one attached hydrogen (secondary N) is 1. The first kappa shape index (κ1) is 29.9. The first-order valence-electron chi connectivity index (χ1n) is 12.3. The molecule has 0 spiro atoms. The van der Waals surface area contributed by atoms with Crippen molar-refractivity contribution in [1.82, 2.24) is 10.2 Å². The Morgan fingerprint density at radius 3 is 2.24 bits per heavy atom. The maximum Gasteiger partial charge on any atom is 0.264 e. The zero-order valence-corrected chi connectivity index (χ0v) is 25.0. The molecule has 0 radical (unpaired) electrons. The van der Waals surface area contributed by atoms with Gasteiger partial charge >= 0.3 is 0 Å². The number of carbonyl (C=O) groups excluding carboxylic acids is 2. The van der Waals surface area contributed by atoms with Crippen LogP contribution in [-0.2, 0) is 26.2 Å². The van der Waals surface area contributed by atoms with Gasteiger partial charge in [-0.2, -0.15) is 0 Å². The second kappa shape index (κ2) is 14.0. The Labute approximate surface area is 243 Å². The van der Waals surface area contributed by atoms with E-state index in [9.17, 15) is 18.0 Å². The molecule has 0 fully saturated rings. The highest BCUT2D eigenvalue weighted by Gasteiger charge is 2.32. The van der Waals surface area contributed by atoms with Crippen molar-refractivity contribution < 1.29 is 18.0 Å². The molecule has 0 unspecified atom stereocenters. The molecular weight excluding hydrogens is 637 g/mol. The minimum Gasteiger partial charge on any atom is -0.354 e. The molecule has 2 amide bonds. The predicted octanol–water partition coefficient (Wildman–Crippen LogP) is 5.47. The van der Waals surface area contributed by atoms with Crippen molar-refractivity contribution in [1.29, 1.82) is 0 Å². The number of unbranched alkanes of at least 4 members (excludes halogenated alkanes) is 1. The van der Waals surface area contributed by atoms with Crippen molar-refractivity contribution in [3.05, 3.63) is 93.0 Å². The van der Waals surface area contributed by atoms with Crippen LogP contribution in [0.3, 0.4) is 0 Å². The quantitative estimate of drug-likeness (QED) is 0.205. The SMILES string of the molecule is CCCCNC(=O)[C@H](C)N(Cc1ccccc1Cl)C(=O)CN(c1ccc(I)cc1)S(=O)(=O)c1ccccc1. The lowest BCUT2D eigenvalue weighted by Crippen LogP contribution is -2.51. The highest BCUT2D eigenvalue weighted by atomic mass is 127. The average Bonchev–Trinajstić information content (AvgIpc) is 2.92. The van der Waals surface area contributed by atoms with E-state index < -0.39 is 28.5 Å². The van der Waals surface area contributed by atoms with Crippen molar-refractivity contribution in [3.8, 4) is 0 Å². The summed E-state index contributed by atoms with van der Waals surface area (Å²) >= 11 is 8.52. The zero-order chi connectivity index (χ0) is 27.7. The number of halogens is 2. The molecule has 7 nitrogen and oxygen atoms in total. The van der Waals surface area contributed by atoms with E-state index in [0.29, 0.717) is 22.8 Å². The van der Waals surface area contributed by atoms with E-state index in [1.165, 1.54) is 17.0 Å². The number of rotatable bonds is 12. The van der Waals surface area contributed by atoms with Crippen LogP contribution in [0.1, 0.15) is 32.3 Å². The molecule has 0 aliphatic carbocycles. The van der Waals surface area contributed by atoms with E-state index in [1.807, 2.05) is 6.92 Å². The molecule has 1 N–H and O–H groups in total. The van der Waals surface area contributed by atoms with E-state index in [2.05, 4.69) is 27.9 Å². The summed E-state index contributed by atoms with van der Waals surface area (Å²) in [6, 6.07) is 21.1. The van der Waals surface area contributed by atoms with Crippen LogP contribution in [0.5, 0.6) is 0 Å². The Morgan fingerprint density at radius 1 is 0.974 bits per heavy atom. The van der Waals surface area contributed by atoms with Gasteiger partial charge in [-0.05, 0) is 84.0 Å². The van der Waals surface area contributed by atoms with Gasteiger partial charge in [0, 0.05) is 21.7 Å². The standard InChI is InChI=1S/C28H31ClIN3O4S/c1-3-4-18-31-28(35)21(2)32(19-22-10-8-9-13-26(22)29)27(34)20-33(24-16-14-23(30)15-17-24)38(36,37)25-11-6-5-7-12-25/h5-17,21H,3-4,18-20H2,1-2H3,(H,31,35)/t21-/m0/s1. The maximum absolute atomic E-state index is 13.9. The van der Waals surface area contributed by atoms with Crippen LogP contribution in [0.25, 0.3) is 0 Å². The van der Waals surface area contributed by atoms with Gasteiger partial charge in [0.25, 0.3) is 10.0 Å². The number of amides is 2. The van der Waals surface area contributed by atoms with Crippen LogP contribution in [0.2, 0.25) is 5.02 Å². The molecule has 3 aromatic carbocycles. The van der Waals surface area contributed by atoms with Gasteiger partial charge < -0.3 is 10.2 Å². The van der Waals surface area contributed by atoms with Crippen LogP contribution < -0.4 is 9.62 Å². The summed E-state index contributed by atoms with van der Waals surface area (Å²) in [7, 11) is -4.08. The van der Waals surface area contributed by atoms with Gasteiger partial charge in [0.15, 0.2) is 0 Å². The third kappa shape index (κ3) is 7.70. The summed E-state index contributed by atoms with van der Waals surface area (Å²) in [5.41, 5.74) is 1.00. The number of carbonyl (C=O) groups is 2. The lowest BCUT2D eigenvalue weighted by molar-refractivity contribution is -0.139. The van der Waals surface area contributed by atoms with Crippen molar-refractivity contribution in [2.75, 3.05) is 17.4 Å². The lowest BCUT2D eigenvalue weighted by Gasteiger charge is -2.32. The summed E-state index contributed by atoms with van der Waals surface area (Å²) in [5.74, 6) is -0.841. The van der Waals surface area contributed by atoms with Crippen molar-refractivity contribution in [2.24, 2.45) is 0 Å². The average molecular weight is 668 g/mol. The van der Waals surface area contributed by atoms with Gasteiger partial charge in [-0.15, -0.1) is 0 Å². The number of sulfonamides is 1. The fourth-order valence-electron chi connectivity index (χ4n) is 3.78. The Hall–Kier alpha value is -2.63. The highest BCUT2D eigenvalue weighted by molar-refractivity contribution is 14.1. The van der Waals surface area contributed by atoms with E-state index in [1.54, 1.807) is 73.7 Å². The van der Waals surface area contributed by atoms with E-state index in [-0.39, 0.29) is 17.3 Å². The van der Waals surface area contributed by atoms with Crippen molar-refractivity contribution >= 4 is 61.7 Å². The number of nitrogens with zero attached hydrogens (tertiary/aromatic N) is 2. The fourth-order valence-corrected chi connectivity index (χ4v) is 5.77. The first-order chi connectivity index (χ1) is 18.1. The predicted molar refractivity (Wildman–Crippen MR) is 160 cm³/mol. The second-order valence-corrected chi connectivity index (χ2v) is 12.2. The lowest BCUT2D eigenvalue weighted by atomic mass is 10.1. The topological polar surface area (TPSA) is 86.8 Å². The van der Waals surface area contributed by atoms with Crippen molar-refractivity contribution in [2.45, 2.75) is 44.2 Å². The molecule has 0 saturated carbocycles. The Bertz CT molecular complexity index is 1340. The van der Waals surface area contributed by atoms with Gasteiger partial charge in [0.1, 0.15) is 12.6 Å². The molecule has 1 atom stereocenters. The molecule has 0 aliphatic rings. The molecular formula is C28H31ClIN3O4S. The smallest absolute Gasteiger partial charge is 0.264 e. The maximum atomic E-state index is 13.9. The molecule has 3 rings (SSSR count). The summed E-state index contributed by atoms with van der Waals surface area (Å²) < 4.78 is 29.4. The third-order valence-electron chi connectivity index (χ3n) is 6.02. The monoisotopic (exact) mass is 667 g/mol. The van der Waals surface area contributed by atoms with Crippen LogP contribution in [0, 0.1) is 3.57 Å². The fraction of sp³-hybridized carbons (Fsp3) is 0.286. The molecule has 0 heterocycles. The summed E-state index contributed by atoms with van der Waals surface area (Å²) in [6.45, 7) is 3.71. The number of benzene rings is 3. The van der Waals surface area contributed by atoms with E-state index in [4.69, 9.17) is 11.6 Å². The molecule has 3 aromatic rings. The number of anilines is 1. The summed E-state index contributed by atoms with van der Waals surface area (Å²) in [5, 5.41) is 3.32. The Kier molecular flexibility index (Phi) is 11.0. The third-order valence-corrected chi connectivity index (χ3v) is 8.90. The minimum absolute atomic E-state index is 0.0484. The normalized spacial score (nSPS) is 12.0. The van der Waals surface area contributed by atoms with E-state index >= 15 is 0 Å². The van der Waals surface area contributed by atoms with Gasteiger partial charge in [-0.3, -0.25) is 13.9 Å². The van der Waals surface area contributed by atoms with Gasteiger partial charge in [0.05, 0.1) is 10.6 Å². The van der Waals surface area contributed by atoms with Crippen molar-refractivity contribution in [3.63, 3.8) is 0 Å². The highest BCUT2D eigenvalue weighted by Crippen LogP contribution is 2.26. The van der Waals surface area contributed by atoms with Gasteiger partial charge in [0.2, 0.25) is 11.8 Å². The van der Waals surface area contributed by atoms with Gasteiger partial charge in [-0.1, -0.05) is 61.3 Å². The number of hydrogen-bond acceptors (Lipinski definition) is 4. The summed E-state index contributed by atoms with van der Waals surface area (Å²) in [6.07, 6.45) is 1.73. The molecule has 0 aliphatic heterocycles. The van der Waals surface area contributed by atoms with Gasteiger partial charge in [-0.25, -0.2) is 8.42 Å². The van der Waals surface area contributed by atoms with Crippen LogP contribution in [0.4, 0.5) is 5.69 Å². The molecule has 10 heteroatoms. The Balaban J connectivity index is 1.99.